The molecule has 0 unspecified atom stereocenters. The number of carbonyl (C=O) groups is 2. The number of ether oxygens (including phenoxy) is 2. The summed E-state index contributed by atoms with van der Waals surface area (Å²) in [5.74, 6) is -2.10. The number of carboxylic acids is 1. The van der Waals surface area contributed by atoms with E-state index in [0.717, 1.165) is 44.3 Å². The van der Waals surface area contributed by atoms with Crippen LogP contribution >= 0.6 is 0 Å². The fourth-order valence-electron chi connectivity index (χ4n) is 4.31. The number of carboxylic acid groups (broad SMARTS) is 1. The van der Waals surface area contributed by atoms with Crippen molar-refractivity contribution in [3.63, 3.8) is 0 Å². The fraction of sp³-hybridized carbons (Fsp3) is 0.565. The van der Waals surface area contributed by atoms with E-state index in [2.05, 4.69) is 17.4 Å². The van der Waals surface area contributed by atoms with Gasteiger partial charge in [-0.25, -0.2) is 9.18 Å². The fourth-order valence-corrected chi connectivity index (χ4v) is 4.31. The Morgan fingerprint density at radius 2 is 1.62 bits per heavy atom. The minimum absolute atomic E-state index is 0.0669. The van der Waals surface area contributed by atoms with Gasteiger partial charge in [0.05, 0.1) is 11.9 Å². The van der Waals surface area contributed by atoms with E-state index >= 15 is 0 Å². The molecule has 3 fully saturated rings. The molecule has 0 heterocycles. The van der Waals surface area contributed by atoms with Gasteiger partial charge in [-0.1, -0.05) is 12.1 Å². The van der Waals surface area contributed by atoms with Gasteiger partial charge in [0.2, 0.25) is 5.91 Å². The van der Waals surface area contributed by atoms with Gasteiger partial charge in [-0.2, -0.15) is 13.2 Å². The van der Waals surface area contributed by atoms with Crippen LogP contribution in [0.25, 0.3) is 0 Å². The van der Waals surface area contributed by atoms with Crippen molar-refractivity contribution in [2.75, 3.05) is 26.8 Å². The molecule has 0 saturated heterocycles. The lowest BCUT2D eigenvalue weighted by Gasteiger charge is -2.53. The summed E-state index contributed by atoms with van der Waals surface area (Å²) < 4.78 is 55.9. The smallest absolute Gasteiger partial charge is 0.489 e. The van der Waals surface area contributed by atoms with Crippen LogP contribution in [0.4, 0.5) is 17.6 Å². The van der Waals surface area contributed by atoms with Crippen LogP contribution in [-0.4, -0.2) is 55.6 Å². The summed E-state index contributed by atoms with van der Waals surface area (Å²) >= 11 is 0. The lowest BCUT2D eigenvalue weighted by atomic mass is 9.56. The molecule has 0 spiro atoms. The first-order chi connectivity index (χ1) is 16.0. The van der Waals surface area contributed by atoms with Gasteiger partial charge in [-0.3, -0.25) is 4.79 Å². The van der Waals surface area contributed by atoms with Gasteiger partial charge in [0.15, 0.2) is 0 Å². The van der Waals surface area contributed by atoms with E-state index < -0.39 is 12.1 Å². The maximum atomic E-state index is 12.6. The number of rotatable bonds is 8. The molecule has 34 heavy (non-hydrogen) atoms. The molecule has 7 nitrogen and oxygen atoms in total. The Balaban J connectivity index is 0.000000509. The van der Waals surface area contributed by atoms with E-state index in [-0.39, 0.29) is 36.7 Å². The second-order valence-electron chi connectivity index (χ2n) is 8.51. The number of benzene rings is 1. The second kappa shape index (κ2) is 11.7. The summed E-state index contributed by atoms with van der Waals surface area (Å²) in [4.78, 5) is 20.4. The predicted molar refractivity (Wildman–Crippen MR) is 116 cm³/mol. The quantitative estimate of drug-likeness (QED) is 0.480. The molecule has 4 N–H and O–H groups in total. The Morgan fingerprint density at radius 1 is 1.09 bits per heavy atom. The number of alkyl halides is 3. The van der Waals surface area contributed by atoms with Gasteiger partial charge < -0.3 is 25.6 Å². The van der Waals surface area contributed by atoms with Crippen LogP contribution in [-0.2, 0) is 19.7 Å². The first-order valence-corrected chi connectivity index (χ1v) is 10.9. The molecule has 1 amide bonds. The molecule has 0 aromatic heterocycles. The normalized spacial score (nSPS) is 24.1. The summed E-state index contributed by atoms with van der Waals surface area (Å²) in [7, 11) is 1.63. The zero-order chi connectivity index (χ0) is 25.4. The number of likely N-dealkylation sites (N-methyl/N-ethyl adjacent to an activating group) is 1. The molecular weight excluding hydrogens is 460 g/mol. The average Bonchev–Trinajstić information content (AvgIpc) is 2.84. The standard InChI is InChI=1S/C21H29FN2O3.C2HF3O2/c1-24-19(25)15-27-21-9-6-20(7-10-21,8-11-21)17-2-4-18(5-3-17)26-14-16(12-22)13-23;3-2(4,5)1(6)7/h2-5,12H,6-11,13-15,23H2,1H3,(H,24,25);(H,6,7)/b16-12+;. The van der Waals surface area contributed by atoms with E-state index in [1.807, 2.05) is 12.1 Å². The van der Waals surface area contributed by atoms with Crippen molar-refractivity contribution >= 4 is 11.9 Å². The zero-order valence-electron chi connectivity index (χ0n) is 18.9. The van der Waals surface area contributed by atoms with Crippen LogP contribution in [0.2, 0.25) is 0 Å². The second-order valence-corrected chi connectivity index (χ2v) is 8.51. The van der Waals surface area contributed by atoms with Crippen LogP contribution in [0.1, 0.15) is 44.1 Å². The number of nitrogens with one attached hydrogen (secondary N) is 1. The molecule has 1 aromatic rings. The molecule has 0 radical (unpaired) electrons. The summed E-state index contributed by atoms with van der Waals surface area (Å²) in [5.41, 5.74) is 7.27. The van der Waals surface area contributed by atoms with Crippen LogP contribution in [0, 0.1) is 0 Å². The number of carbonyl (C=O) groups excluding carboxylic acids is 1. The van der Waals surface area contributed by atoms with Gasteiger partial charge in [0.1, 0.15) is 19.0 Å². The molecule has 2 bridgehead atoms. The molecule has 4 rings (SSSR count). The van der Waals surface area contributed by atoms with Gasteiger partial charge in [0, 0.05) is 19.2 Å². The van der Waals surface area contributed by atoms with Crippen molar-refractivity contribution in [2.45, 2.75) is 55.7 Å². The third-order valence-electron chi connectivity index (χ3n) is 6.52. The van der Waals surface area contributed by atoms with Crippen LogP contribution in [0.15, 0.2) is 36.2 Å². The Bertz CT molecular complexity index is 847. The van der Waals surface area contributed by atoms with E-state index in [4.69, 9.17) is 25.1 Å². The maximum absolute atomic E-state index is 12.6. The Kier molecular flexibility index (Phi) is 9.45. The largest absolute Gasteiger partial charge is 0.490 e. The molecule has 11 heteroatoms. The van der Waals surface area contributed by atoms with Crippen LogP contribution in [0.3, 0.4) is 0 Å². The van der Waals surface area contributed by atoms with Crippen LogP contribution < -0.4 is 15.8 Å². The Labute approximate surface area is 195 Å². The van der Waals surface area contributed by atoms with Gasteiger partial charge in [-0.05, 0) is 61.6 Å². The molecule has 3 aliphatic carbocycles. The SMILES string of the molecule is CNC(=O)COC12CCC(c3ccc(OC/C(=C/F)CN)cc3)(CC1)CC2.O=C(O)C(F)(F)F. The topological polar surface area (TPSA) is 111 Å². The molecular formula is C23H30F4N2O5. The van der Waals surface area contributed by atoms with Crippen molar-refractivity contribution in [3.05, 3.63) is 41.7 Å². The minimum atomic E-state index is -5.08. The lowest BCUT2D eigenvalue weighted by molar-refractivity contribution is -0.192. The highest BCUT2D eigenvalue weighted by molar-refractivity contribution is 5.76. The third kappa shape index (κ3) is 7.17. The number of aliphatic carboxylic acids is 1. The number of fused-ring (bicyclic) bond motifs is 3. The van der Waals surface area contributed by atoms with Crippen molar-refractivity contribution in [1.82, 2.24) is 5.32 Å². The molecule has 1 aromatic carbocycles. The highest BCUT2D eigenvalue weighted by Gasteiger charge is 2.50. The minimum Gasteiger partial charge on any atom is -0.489 e. The van der Waals surface area contributed by atoms with Crippen molar-refractivity contribution in [2.24, 2.45) is 5.73 Å². The van der Waals surface area contributed by atoms with Crippen molar-refractivity contribution in [3.8, 4) is 5.75 Å². The van der Waals surface area contributed by atoms with Gasteiger partial charge >= 0.3 is 12.1 Å². The summed E-state index contributed by atoms with van der Waals surface area (Å²) in [6.45, 7) is 0.470. The number of hydrogen-bond donors (Lipinski definition) is 3. The molecule has 3 saturated carbocycles. The summed E-state index contributed by atoms with van der Waals surface area (Å²) in [6, 6.07) is 8.16. The van der Waals surface area contributed by atoms with E-state index in [1.54, 1.807) is 7.05 Å². The number of amides is 1. The van der Waals surface area contributed by atoms with E-state index in [1.165, 1.54) is 5.56 Å². The molecule has 0 aliphatic heterocycles. The highest BCUT2D eigenvalue weighted by atomic mass is 19.4. The van der Waals surface area contributed by atoms with Crippen molar-refractivity contribution in [1.29, 1.82) is 0 Å². The van der Waals surface area contributed by atoms with Crippen LogP contribution in [0.5, 0.6) is 5.75 Å². The number of hydrogen-bond acceptors (Lipinski definition) is 5. The molecule has 3 aliphatic rings. The number of nitrogens with two attached hydrogens (primary N) is 1. The average molecular weight is 490 g/mol. The summed E-state index contributed by atoms with van der Waals surface area (Å²) in [6.07, 6.45) is 1.61. The van der Waals surface area contributed by atoms with Gasteiger partial charge in [0.25, 0.3) is 0 Å². The highest BCUT2D eigenvalue weighted by Crippen LogP contribution is 2.55. The number of halogens is 4. The Hall–Kier alpha value is -2.66. The first kappa shape index (κ1) is 27.6. The monoisotopic (exact) mass is 490 g/mol. The first-order valence-electron chi connectivity index (χ1n) is 10.9. The third-order valence-corrected chi connectivity index (χ3v) is 6.52. The predicted octanol–water partition coefficient (Wildman–Crippen LogP) is 3.62. The molecule has 190 valence electrons. The lowest BCUT2D eigenvalue weighted by Crippen LogP contribution is -2.50. The maximum Gasteiger partial charge on any atom is 0.490 e. The van der Waals surface area contributed by atoms with E-state index in [9.17, 15) is 22.4 Å². The van der Waals surface area contributed by atoms with Gasteiger partial charge in [-0.15, -0.1) is 0 Å². The molecule has 0 atom stereocenters. The zero-order valence-corrected chi connectivity index (χ0v) is 18.9. The van der Waals surface area contributed by atoms with Crippen molar-refractivity contribution < 1.29 is 41.7 Å². The Morgan fingerprint density at radius 3 is 2.03 bits per heavy atom. The summed E-state index contributed by atoms with van der Waals surface area (Å²) in [5, 5.41) is 9.74. The van der Waals surface area contributed by atoms with E-state index in [0.29, 0.717) is 11.9 Å².